The van der Waals surface area contributed by atoms with Crippen LogP contribution in [-0.2, 0) is 9.53 Å². The number of carbonyl (C=O) groups is 2. The predicted molar refractivity (Wildman–Crippen MR) is 81.2 cm³/mol. The maximum Gasteiger partial charge on any atom is 0.341 e. The van der Waals surface area contributed by atoms with Gasteiger partial charge in [-0.1, -0.05) is 39.0 Å². The van der Waals surface area contributed by atoms with Gasteiger partial charge in [-0.3, -0.25) is 4.79 Å². The Labute approximate surface area is 121 Å². The smallest absolute Gasteiger partial charge is 0.341 e. The van der Waals surface area contributed by atoms with E-state index in [1.807, 2.05) is 45.0 Å². The molecule has 1 aromatic heterocycles. The molecule has 1 heterocycles. The van der Waals surface area contributed by atoms with Gasteiger partial charge in [0.25, 0.3) is 0 Å². The molecular formula is C15H17NO3S. The number of thiophene rings is 1. The van der Waals surface area contributed by atoms with Crippen molar-refractivity contribution in [2.75, 3.05) is 12.4 Å². The van der Waals surface area contributed by atoms with E-state index >= 15 is 0 Å². The third-order valence-corrected chi connectivity index (χ3v) is 3.98. The first-order valence-electron chi connectivity index (χ1n) is 6.26. The van der Waals surface area contributed by atoms with E-state index in [0.29, 0.717) is 10.6 Å². The molecule has 1 aromatic carbocycles. The summed E-state index contributed by atoms with van der Waals surface area (Å²) in [6.45, 7) is 5.48. The number of hydrogen-bond donors (Lipinski definition) is 1. The quantitative estimate of drug-likeness (QED) is 0.859. The first-order chi connectivity index (χ1) is 9.34. The summed E-state index contributed by atoms with van der Waals surface area (Å²) in [6, 6.07) is 7.52. The first kappa shape index (κ1) is 14.5. The normalized spacial score (nSPS) is 11.4. The lowest BCUT2D eigenvalue weighted by molar-refractivity contribution is -0.123. The van der Waals surface area contributed by atoms with Gasteiger partial charge in [0.15, 0.2) is 0 Å². The van der Waals surface area contributed by atoms with Gasteiger partial charge in [0, 0.05) is 15.5 Å². The minimum absolute atomic E-state index is 0.130. The first-order valence-corrected chi connectivity index (χ1v) is 7.07. The number of fused-ring (bicyclic) bond motifs is 1. The standard InChI is InChI=1S/C15H17NO3S/c1-15(2,3)14(18)16-12-11(13(17)19-4)9-7-5-6-8-10(9)20-12/h5-8H,1-4H3,(H,16,18). The van der Waals surface area contributed by atoms with E-state index in [4.69, 9.17) is 4.74 Å². The lowest BCUT2D eigenvalue weighted by Crippen LogP contribution is -2.27. The lowest BCUT2D eigenvalue weighted by atomic mass is 9.96. The second-order valence-electron chi connectivity index (χ2n) is 5.50. The number of carbonyl (C=O) groups excluding carboxylic acids is 2. The highest BCUT2D eigenvalue weighted by molar-refractivity contribution is 7.23. The average Bonchev–Trinajstić information content (AvgIpc) is 2.74. The molecule has 0 saturated heterocycles. The highest BCUT2D eigenvalue weighted by Crippen LogP contribution is 2.36. The highest BCUT2D eigenvalue weighted by atomic mass is 32.1. The molecule has 0 bridgehead atoms. The van der Waals surface area contributed by atoms with Crippen LogP contribution in [0.2, 0.25) is 0 Å². The molecule has 2 rings (SSSR count). The molecule has 20 heavy (non-hydrogen) atoms. The van der Waals surface area contributed by atoms with Crippen LogP contribution in [0.1, 0.15) is 31.1 Å². The number of methoxy groups -OCH3 is 1. The number of ether oxygens (including phenoxy) is 1. The molecule has 0 aliphatic carbocycles. The van der Waals surface area contributed by atoms with Gasteiger partial charge in [-0.2, -0.15) is 0 Å². The fraction of sp³-hybridized carbons (Fsp3) is 0.333. The van der Waals surface area contributed by atoms with Gasteiger partial charge >= 0.3 is 5.97 Å². The topological polar surface area (TPSA) is 55.4 Å². The third-order valence-electron chi connectivity index (χ3n) is 2.89. The molecule has 0 saturated carbocycles. The summed E-state index contributed by atoms with van der Waals surface area (Å²) < 4.78 is 5.77. The molecule has 0 radical (unpaired) electrons. The minimum atomic E-state index is -0.524. The molecule has 0 fully saturated rings. The third kappa shape index (κ3) is 2.67. The van der Waals surface area contributed by atoms with Gasteiger partial charge in [-0.15, -0.1) is 11.3 Å². The van der Waals surface area contributed by atoms with E-state index in [1.165, 1.54) is 18.4 Å². The number of benzene rings is 1. The molecule has 0 aliphatic rings. The summed E-state index contributed by atoms with van der Waals surface area (Å²) in [5.41, 5.74) is -0.102. The average molecular weight is 291 g/mol. The Balaban J connectivity index is 2.52. The number of rotatable bonds is 2. The second-order valence-corrected chi connectivity index (χ2v) is 6.55. The fourth-order valence-corrected chi connectivity index (χ4v) is 2.81. The van der Waals surface area contributed by atoms with Crippen LogP contribution < -0.4 is 5.32 Å². The van der Waals surface area contributed by atoms with Crippen LogP contribution in [0, 0.1) is 5.41 Å². The Morgan fingerprint density at radius 2 is 1.85 bits per heavy atom. The Bertz CT molecular complexity index is 667. The zero-order valence-corrected chi connectivity index (χ0v) is 12.8. The monoisotopic (exact) mass is 291 g/mol. The molecule has 1 N–H and O–H groups in total. The number of anilines is 1. The zero-order valence-electron chi connectivity index (χ0n) is 11.9. The van der Waals surface area contributed by atoms with Crippen LogP contribution in [0.25, 0.3) is 10.1 Å². The predicted octanol–water partition coefficient (Wildman–Crippen LogP) is 3.67. The van der Waals surface area contributed by atoms with E-state index in [0.717, 1.165) is 10.1 Å². The number of hydrogen-bond acceptors (Lipinski definition) is 4. The fourth-order valence-electron chi connectivity index (χ4n) is 1.73. The van der Waals surface area contributed by atoms with Crippen molar-refractivity contribution in [1.82, 2.24) is 0 Å². The Kier molecular flexibility index (Phi) is 3.81. The van der Waals surface area contributed by atoms with Crippen LogP contribution in [0.15, 0.2) is 24.3 Å². The number of nitrogens with one attached hydrogen (secondary N) is 1. The number of esters is 1. The van der Waals surface area contributed by atoms with E-state index in [9.17, 15) is 9.59 Å². The highest BCUT2D eigenvalue weighted by Gasteiger charge is 2.26. The van der Waals surface area contributed by atoms with Crippen molar-refractivity contribution in [3.8, 4) is 0 Å². The maximum absolute atomic E-state index is 12.1. The van der Waals surface area contributed by atoms with Crippen LogP contribution in [-0.4, -0.2) is 19.0 Å². The van der Waals surface area contributed by atoms with Gasteiger partial charge in [0.05, 0.1) is 7.11 Å². The largest absolute Gasteiger partial charge is 0.465 e. The van der Waals surface area contributed by atoms with Crippen LogP contribution >= 0.6 is 11.3 Å². The van der Waals surface area contributed by atoms with Gasteiger partial charge in [0.1, 0.15) is 10.6 Å². The molecule has 4 nitrogen and oxygen atoms in total. The molecule has 0 atom stereocenters. The second kappa shape index (κ2) is 5.25. The molecule has 5 heteroatoms. The Hall–Kier alpha value is -1.88. The molecule has 0 aliphatic heterocycles. The van der Waals surface area contributed by atoms with E-state index in [2.05, 4.69) is 5.32 Å². The molecule has 106 valence electrons. The van der Waals surface area contributed by atoms with Crippen LogP contribution in [0.3, 0.4) is 0 Å². The van der Waals surface area contributed by atoms with Crippen molar-refractivity contribution in [3.63, 3.8) is 0 Å². The summed E-state index contributed by atoms with van der Waals surface area (Å²) in [4.78, 5) is 24.1. The maximum atomic E-state index is 12.1. The molecule has 1 amide bonds. The van der Waals surface area contributed by atoms with Gasteiger partial charge in [-0.25, -0.2) is 4.79 Å². The van der Waals surface area contributed by atoms with Crippen molar-refractivity contribution < 1.29 is 14.3 Å². The van der Waals surface area contributed by atoms with Crippen LogP contribution in [0.5, 0.6) is 0 Å². The summed E-state index contributed by atoms with van der Waals surface area (Å²) in [5.74, 6) is -0.569. The molecule has 0 spiro atoms. The van der Waals surface area contributed by atoms with E-state index < -0.39 is 11.4 Å². The van der Waals surface area contributed by atoms with Gasteiger partial charge < -0.3 is 10.1 Å². The van der Waals surface area contributed by atoms with E-state index in [-0.39, 0.29) is 5.91 Å². The van der Waals surface area contributed by atoms with Crippen molar-refractivity contribution >= 4 is 38.3 Å². The summed E-state index contributed by atoms with van der Waals surface area (Å²) in [5, 5.41) is 4.17. The SMILES string of the molecule is COC(=O)c1c(NC(=O)C(C)(C)C)sc2ccccc12. The van der Waals surface area contributed by atoms with Gasteiger partial charge in [-0.05, 0) is 6.07 Å². The Morgan fingerprint density at radius 3 is 2.45 bits per heavy atom. The van der Waals surface area contributed by atoms with Crippen molar-refractivity contribution in [2.45, 2.75) is 20.8 Å². The van der Waals surface area contributed by atoms with E-state index in [1.54, 1.807) is 0 Å². The summed E-state index contributed by atoms with van der Waals surface area (Å²) >= 11 is 1.38. The summed E-state index contributed by atoms with van der Waals surface area (Å²) in [6.07, 6.45) is 0. The minimum Gasteiger partial charge on any atom is -0.465 e. The van der Waals surface area contributed by atoms with Crippen molar-refractivity contribution in [1.29, 1.82) is 0 Å². The van der Waals surface area contributed by atoms with Gasteiger partial charge in [0.2, 0.25) is 5.91 Å². The van der Waals surface area contributed by atoms with Crippen molar-refractivity contribution in [2.24, 2.45) is 5.41 Å². The van der Waals surface area contributed by atoms with Crippen molar-refractivity contribution in [3.05, 3.63) is 29.8 Å². The Morgan fingerprint density at radius 1 is 1.20 bits per heavy atom. The number of amides is 1. The summed E-state index contributed by atoms with van der Waals surface area (Å²) in [7, 11) is 1.34. The van der Waals surface area contributed by atoms with Crippen LogP contribution in [0.4, 0.5) is 5.00 Å². The lowest BCUT2D eigenvalue weighted by Gasteiger charge is -2.17. The zero-order chi connectivity index (χ0) is 14.9. The molecule has 0 unspecified atom stereocenters. The molecule has 2 aromatic rings. The molecular weight excluding hydrogens is 274 g/mol.